The van der Waals surface area contributed by atoms with Gasteiger partial charge in [-0.1, -0.05) is 57.2 Å². The lowest BCUT2D eigenvalue weighted by molar-refractivity contribution is -0.128. The number of carbonyl (C=O) groups excluding carboxylic acids is 2. The second-order valence-corrected chi connectivity index (χ2v) is 7.91. The third-order valence-corrected chi connectivity index (χ3v) is 5.46. The van der Waals surface area contributed by atoms with Gasteiger partial charge in [0.25, 0.3) is 5.91 Å². The molecular formula is C24H30N2O2. The van der Waals surface area contributed by atoms with Gasteiger partial charge in [0.2, 0.25) is 5.91 Å². The molecule has 0 spiro atoms. The first kappa shape index (κ1) is 20.1. The van der Waals surface area contributed by atoms with Crippen LogP contribution in [0.2, 0.25) is 0 Å². The summed E-state index contributed by atoms with van der Waals surface area (Å²) < 4.78 is 0. The Morgan fingerprint density at radius 3 is 2.21 bits per heavy atom. The minimum atomic E-state index is -0.0675. The molecular weight excluding hydrogens is 348 g/mol. The molecule has 4 heteroatoms. The zero-order valence-electron chi connectivity index (χ0n) is 17.1. The number of amides is 2. The van der Waals surface area contributed by atoms with E-state index in [1.165, 1.54) is 5.56 Å². The molecule has 148 valence electrons. The summed E-state index contributed by atoms with van der Waals surface area (Å²) in [5, 5.41) is 3.18. The van der Waals surface area contributed by atoms with Crippen molar-refractivity contribution >= 4 is 11.8 Å². The summed E-state index contributed by atoms with van der Waals surface area (Å²) in [4.78, 5) is 26.4. The van der Waals surface area contributed by atoms with Crippen LogP contribution in [0.5, 0.6) is 0 Å². The van der Waals surface area contributed by atoms with Gasteiger partial charge in [-0.2, -0.15) is 0 Å². The molecule has 0 aliphatic carbocycles. The van der Waals surface area contributed by atoms with Crippen LogP contribution in [0.3, 0.4) is 0 Å². The molecule has 1 N–H and O–H groups in total. The van der Waals surface area contributed by atoms with E-state index < -0.39 is 0 Å². The average Bonchev–Trinajstić information content (AvgIpc) is 3.11. The van der Waals surface area contributed by atoms with Crippen molar-refractivity contribution in [3.8, 4) is 0 Å². The second kappa shape index (κ2) is 9.05. The van der Waals surface area contributed by atoms with E-state index in [-0.39, 0.29) is 23.8 Å². The Hall–Kier alpha value is -2.62. The average molecular weight is 379 g/mol. The van der Waals surface area contributed by atoms with E-state index in [1.807, 2.05) is 29.2 Å². The first-order valence-corrected chi connectivity index (χ1v) is 10.2. The maximum absolute atomic E-state index is 12.8. The molecule has 0 aromatic heterocycles. The Bertz CT molecular complexity index is 810. The molecule has 1 aliphatic rings. The van der Waals surface area contributed by atoms with Gasteiger partial charge in [0.15, 0.2) is 0 Å². The van der Waals surface area contributed by atoms with E-state index in [2.05, 4.69) is 50.4 Å². The minimum Gasteiger partial charge on any atom is -0.345 e. The van der Waals surface area contributed by atoms with E-state index in [9.17, 15) is 9.59 Å². The zero-order valence-corrected chi connectivity index (χ0v) is 17.1. The summed E-state index contributed by atoms with van der Waals surface area (Å²) in [6.07, 6.45) is 2.60. The Morgan fingerprint density at radius 2 is 1.68 bits per heavy atom. The fourth-order valence-electron chi connectivity index (χ4n) is 3.67. The Kier molecular flexibility index (Phi) is 6.50. The molecule has 0 radical (unpaired) electrons. The molecule has 1 unspecified atom stereocenters. The quantitative estimate of drug-likeness (QED) is 0.771. The third kappa shape index (κ3) is 4.80. The van der Waals surface area contributed by atoms with E-state index in [0.717, 1.165) is 30.5 Å². The normalized spacial score (nSPS) is 15.1. The SMILES string of the molecule is CCc1ccc(C(NC(=O)c2ccc(CN3CCCC3=O)cc2)C(C)C)cc1. The lowest BCUT2D eigenvalue weighted by Crippen LogP contribution is -2.31. The van der Waals surface area contributed by atoms with Gasteiger partial charge in [-0.05, 0) is 47.6 Å². The second-order valence-electron chi connectivity index (χ2n) is 7.91. The van der Waals surface area contributed by atoms with Crippen LogP contribution < -0.4 is 5.32 Å². The van der Waals surface area contributed by atoms with Crippen LogP contribution >= 0.6 is 0 Å². The molecule has 0 saturated carbocycles. The lowest BCUT2D eigenvalue weighted by atomic mass is 9.94. The van der Waals surface area contributed by atoms with Crippen molar-refractivity contribution in [2.75, 3.05) is 6.54 Å². The van der Waals surface area contributed by atoms with Gasteiger partial charge in [-0.25, -0.2) is 0 Å². The van der Waals surface area contributed by atoms with Crippen molar-refractivity contribution in [1.82, 2.24) is 10.2 Å². The number of rotatable bonds is 7. The topological polar surface area (TPSA) is 49.4 Å². The summed E-state index contributed by atoms with van der Waals surface area (Å²) in [6.45, 7) is 7.83. The van der Waals surface area contributed by atoms with Gasteiger partial charge in [-0.3, -0.25) is 9.59 Å². The molecule has 1 fully saturated rings. The number of carbonyl (C=O) groups is 2. The van der Waals surface area contributed by atoms with E-state index in [1.54, 1.807) is 0 Å². The van der Waals surface area contributed by atoms with Crippen LogP contribution in [0.25, 0.3) is 0 Å². The maximum atomic E-state index is 12.8. The van der Waals surface area contributed by atoms with Crippen molar-refractivity contribution in [3.63, 3.8) is 0 Å². The number of likely N-dealkylation sites (tertiary alicyclic amines) is 1. The number of hydrogen-bond acceptors (Lipinski definition) is 2. The highest BCUT2D eigenvalue weighted by Crippen LogP contribution is 2.23. The van der Waals surface area contributed by atoms with Gasteiger partial charge < -0.3 is 10.2 Å². The molecule has 3 rings (SSSR count). The fraction of sp³-hybridized carbons (Fsp3) is 0.417. The predicted molar refractivity (Wildman–Crippen MR) is 112 cm³/mol. The van der Waals surface area contributed by atoms with Crippen molar-refractivity contribution in [2.45, 2.75) is 52.6 Å². The highest BCUT2D eigenvalue weighted by molar-refractivity contribution is 5.94. The van der Waals surface area contributed by atoms with Crippen LogP contribution in [0.4, 0.5) is 0 Å². The molecule has 4 nitrogen and oxygen atoms in total. The molecule has 2 aromatic rings. The molecule has 28 heavy (non-hydrogen) atoms. The largest absolute Gasteiger partial charge is 0.345 e. The smallest absolute Gasteiger partial charge is 0.251 e. The summed E-state index contributed by atoms with van der Waals surface area (Å²) in [5.74, 6) is 0.439. The minimum absolute atomic E-state index is 0.0275. The molecule has 1 aliphatic heterocycles. The summed E-state index contributed by atoms with van der Waals surface area (Å²) in [6, 6.07) is 16.0. The van der Waals surface area contributed by atoms with Gasteiger partial charge in [0.05, 0.1) is 6.04 Å². The van der Waals surface area contributed by atoms with Gasteiger partial charge in [0, 0.05) is 25.1 Å². The standard InChI is InChI=1S/C24H30N2O2/c1-4-18-7-11-20(12-8-18)23(17(2)3)25-24(28)21-13-9-19(10-14-21)16-26-15-5-6-22(26)27/h7-14,17,23H,4-6,15-16H2,1-3H3,(H,25,28). The van der Waals surface area contributed by atoms with Crippen molar-refractivity contribution in [2.24, 2.45) is 5.92 Å². The number of nitrogens with one attached hydrogen (secondary N) is 1. The van der Waals surface area contributed by atoms with E-state index in [0.29, 0.717) is 18.5 Å². The molecule has 1 saturated heterocycles. The van der Waals surface area contributed by atoms with Crippen molar-refractivity contribution < 1.29 is 9.59 Å². The lowest BCUT2D eigenvalue weighted by Gasteiger charge is -2.23. The van der Waals surface area contributed by atoms with Crippen LogP contribution in [0.15, 0.2) is 48.5 Å². The van der Waals surface area contributed by atoms with Crippen LogP contribution in [0.1, 0.15) is 66.7 Å². The highest BCUT2D eigenvalue weighted by Gasteiger charge is 2.21. The van der Waals surface area contributed by atoms with Crippen LogP contribution in [-0.2, 0) is 17.8 Å². The van der Waals surface area contributed by atoms with Gasteiger partial charge in [-0.15, -0.1) is 0 Å². The Labute approximate surface area is 167 Å². The van der Waals surface area contributed by atoms with Gasteiger partial charge in [0.1, 0.15) is 0 Å². The number of nitrogens with zero attached hydrogens (tertiary/aromatic N) is 1. The number of aryl methyl sites for hydroxylation is 1. The molecule has 0 bridgehead atoms. The molecule has 2 aromatic carbocycles. The predicted octanol–water partition coefficient (Wildman–Crippen LogP) is 4.50. The molecule has 1 atom stereocenters. The Morgan fingerprint density at radius 1 is 1.04 bits per heavy atom. The molecule has 1 heterocycles. The monoisotopic (exact) mass is 378 g/mol. The van der Waals surface area contributed by atoms with Gasteiger partial charge >= 0.3 is 0 Å². The van der Waals surface area contributed by atoms with Crippen LogP contribution in [-0.4, -0.2) is 23.3 Å². The zero-order chi connectivity index (χ0) is 20.1. The Balaban J connectivity index is 1.66. The third-order valence-electron chi connectivity index (χ3n) is 5.46. The van der Waals surface area contributed by atoms with E-state index >= 15 is 0 Å². The summed E-state index contributed by atoms with van der Waals surface area (Å²) in [5.41, 5.74) is 4.13. The van der Waals surface area contributed by atoms with E-state index in [4.69, 9.17) is 0 Å². The highest BCUT2D eigenvalue weighted by atomic mass is 16.2. The first-order valence-electron chi connectivity index (χ1n) is 10.2. The number of hydrogen-bond donors (Lipinski definition) is 1. The molecule has 2 amide bonds. The summed E-state index contributed by atoms with van der Waals surface area (Å²) in [7, 11) is 0. The summed E-state index contributed by atoms with van der Waals surface area (Å²) >= 11 is 0. The fourth-order valence-corrected chi connectivity index (χ4v) is 3.67. The van der Waals surface area contributed by atoms with Crippen LogP contribution in [0, 0.1) is 5.92 Å². The van der Waals surface area contributed by atoms with Crippen molar-refractivity contribution in [3.05, 3.63) is 70.8 Å². The first-order chi connectivity index (χ1) is 13.5. The maximum Gasteiger partial charge on any atom is 0.251 e. The van der Waals surface area contributed by atoms with Crippen molar-refractivity contribution in [1.29, 1.82) is 0 Å². The number of benzene rings is 2.